The minimum Gasteiger partial charge on any atom is -0.469 e. The van der Waals surface area contributed by atoms with Gasteiger partial charge in [0.2, 0.25) is 5.75 Å². The average molecular weight is 534 g/mol. The van der Waals surface area contributed by atoms with Gasteiger partial charge in [0.15, 0.2) is 5.00 Å². The summed E-state index contributed by atoms with van der Waals surface area (Å²) in [5, 5.41) is 14.5. The van der Waals surface area contributed by atoms with Gasteiger partial charge in [0.1, 0.15) is 18.2 Å². The molecule has 1 fully saturated rings. The zero-order valence-corrected chi connectivity index (χ0v) is 20.3. The molecule has 0 radical (unpaired) electrons. The normalized spacial score (nSPS) is 15.7. The maximum absolute atomic E-state index is 14.0. The van der Waals surface area contributed by atoms with Crippen molar-refractivity contribution in [3.05, 3.63) is 34.4 Å². The summed E-state index contributed by atoms with van der Waals surface area (Å²) in [6.07, 6.45) is 2.46. The van der Waals surface area contributed by atoms with Crippen LogP contribution < -0.4 is 25.8 Å². The Morgan fingerprint density at radius 1 is 1.31 bits per heavy atom. The SMILES string of the molecule is NC(=O)Oc1c(OCc2c(F)cc(Cl)cc2F)nsc1NC(=O)NCCCCN1CCCC1CO. The van der Waals surface area contributed by atoms with E-state index in [-0.39, 0.29) is 34.3 Å². The molecular weight excluding hydrogens is 508 g/mol. The molecule has 0 spiro atoms. The zero-order chi connectivity index (χ0) is 25.4. The van der Waals surface area contributed by atoms with E-state index in [0.29, 0.717) is 6.54 Å². The molecule has 1 aromatic carbocycles. The number of benzene rings is 1. The van der Waals surface area contributed by atoms with Gasteiger partial charge in [-0.05, 0) is 62.4 Å². The average Bonchev–Trinajstić information content (AvgIpc) is 3.39. The first-order valence-electron chi connectivity index (χ1n) is 10.9. The lowest BCUT2D eigenvalue weighted by molar-refractivity contribution is 0.157. The van der Waals surface area contributed by atoms with E-state index in [4.69, 9.17) is 26.8 Å². The van der Waals surface area contributed by atoms with Crippen LogP contribution in [0, 0.1) is 11.6 Å². The van der Waals surface area contributed by atoms with Gasteiger partial charge in [0, 0.05) is 17.6 Å². The van der Waals surface area contributed by atoms with Crippen LogP contribution >= 0.6 is 23.1 Å². The molecule has 35 heavy (non-hydrogen) atoms. The van der Waals surface area contributed by atoms with Crippen molar-refractivity contribution in [1.82, 2.24) is 14.6 Å². The number of likely N-dealkylation sites (tertiary alicyclic amines) is 1. The van der Waals surface area contributed by atoms with Crippen molar-refractivity contribution in [3.63, 3.8) is 0 Å². The topological polar surface area (TPSA) is 139 Å². The van der Waals surface area contributed by atoms with Crippen LogP contribution in [0.4, 0.5) is 23.4 Å². The van der Waals surface area contributed by atoms with Gasteiger partial charge in [0.25, 0.3) is 5.88 Å². The van der Waals surface area contributed by atoms with Crippen molar-refractivity contribution in [3.8, 4) is 11.6 Å². The van der Waals surface area contributed by atoms with Gasteiger partial charge in [0.05, 0.1) is 12.2 Å². The predicted octanol–water partition coefficient (Wildman–Crippen LogP) is 3.47. The molecule has 192 valence electrons. The number of anilines is 1. The summed E-state index contributed by atoms with van der Waals surface area (Å²) in [5.74, 6) is -2.40. The number of ether oxygens (including phenoxy) is 2. The number of nitrogens with two attached hydrogens (primary N) is 1. The number of aliphatic hydroxyl groups is 1. The third kappa shape index (κ3) is 7.62. The molecule has 1 aromatic heterocycles. The minimum absolute atomic E-state index is 0.0243. The number of nitrogens with zero attached hydrogens (tertiary/aromatic N) is 2. The molecule has 5 N–H and O–H groups in total. The van der Waals surface area contributed by atoms with Crippen LogP contribution in [-0.2, 0) is 6.61 Å². The number of unbranched alkanes of at least 4 members (excludes halogenated alkanes) is 1. The second kappa shape index (κ2) is 12.8. The van der Waals surface area contributed by atoms with Gasteiger partial charge < -0.3 is 25.6 Å². The maximum Gasteiger partial charge on any atom is 0.410 e. The van der Waals surface area contributed by atoms with Gasteiger partial charge in [-0.3, -0.25) is 10.2 Å². The van der Waals surface area contributed by atoms with Gasteiger partial charge in [-0.25, -0.2) is 18.4 Å². The molecule has 1 saturated heterocycles. The Morgan fingerprint density at radius 3 is 2.74 bits per heavy atom. The minimum atomic E-state index is -1.19. The first-order chi connectivity index (χ1) is 16.8. The Balaban J connectivity index is 1.52. The predicted molar refractivity (Wildman–Crippen MR) is 126 cm³/mol. The van der Waals surface area contributed by atoms with E-state index in [1.165, 1.54) is 0 Å². The molecule has 0 bridgehead atoms. The number of primary amides is 1. The van der Waals surface area contributed by atoms with Crippen LogP contribution in [0.3, 0.4) is 0 Å². The Kier molecular flexibility index (Phi) is 9.83. The second-order valence-corrected chi connectivity index (χ2v) is 9.02. The fourth-order valence-electron chi connectivity index (χ4n) is 3.67. The summed E-state index contributed by atoms with van der Waals surface area (Å²) >= 11 is 6.35. The Bertz CT molecular complexity index is 1020. The lowest BCUT2D eigenvalue weighted by Crippen LogP contribution is -2.34. The van der Waals surface area contributed by atoms with E-state index in [2.05, 4.69) is 19.9 Å². The maximum atomic E-state index is 14.0. The summed E-state index contributed by atoms with van der Waals surface area (Å²) in [6, 6.07) is 1.50. The highest BCUT2D eigenvalue weighted by atomic mass is 35.5. The third-order valence-electron chi connectivity index (χ3n) is 5.38. The number of carbonyl (C=O) groups excluding carboxylic acids is 2. The summed E-state index contributed by atoms with van der Waals surface area (Å²) in [4.78, 5) is 25.8. The number of urea groups is 1. The molecule has 1 atom stereocenters. The van der Waals surface area contributed by atoms with Crippen molar-refractivity contribution >= 4 is 40.3 Å². The number of hydrogen-bond acceptors (Lipinski definition) is 8. The van der Waals surface area contributed by atoms with Crippen LogP contribution in [0.2, 0.25) is 5.02 Å². The molecule has 3 amide bonds. The number of aromatic nitrogens is 1. The number of halogens is 3. The largest absolute Gasteiger partial charge is 0.469 e. The Hall–Kier alpha value is -2.74. The fraction of sp³-hybridized carbons (Fsp3) is 0.476. The quantitative estimate of drug-likeness (QED) is 0.324. The van der Waals surface area contributed by atoms with Crippen LogP contribution in [0.5, 0.6) is 11.6 Å². The van der Waals surface area contributed by atoms with Crippen molar-refractivity contribution in [2.24, 2.45) is 5.73 Å². The van der Waals surface area contributed by atoms with Crippen molar-refractivity contribution in [2.45, 2.75) is 38.3 Å². The zero-order valence-electron chi connectivity index (χ0n) is 18.7. The highest BCUT2D eigenvalue weighted by Crippen LogP contribution is 2.39. The molecule has 1 unspecified atom stereocenters. The monoisotopic (exact) mass is 533 g/mol. The molecule has 0 saturated carbocycles. The molecule has 3 rings (SSSR count). The standard InChI is InChI=1S/C21H26ClF2N5O5S/c22-12-8-15(23)14(16(24)9-12)11-33-18-17(34-20(25)31)19(35-28-18)27-21(32)26-5-1-2-6-29-7-3-4-13(29)10-30/h8-9,13,30H,1-7,10-11H2,(H2,25,31)(H2,26,27,32). The lowest BCUT2D eigenvalue weighted by atomic mass is 10.2. The summed E-state index contributed by atoms with van der Waals surface area (Å²) in [6.45, 7) is 1.78. The van der Waals surface area contributed by atoms with E-state index in [1.807, 2.05) is 0 Å². The summed E-state index contributed by atoms with van der Waals surface area (Å²) in [7, 11) is 0. The second-order valence-electron chi connectivity index (χ2n) is 7.81. The molecule has 2 heterocycles. The summed E-state index contributed by atoms with van der Waals surface area (Å²) in [5.41, 5.74) is 4.68. The highest BCUT2D eigenvalue weighted by Gasteiger charge is 2.24. The smallest absolute Gasteiger partial charge is 0.410 e. The van der Waals surface area contributed by atoms with Crippen LogP contribution in [0.15, 0.2) is 12.1 Å². The van der Waals surface area contributed by atoms with Crippen molar-refractivity contribution < 1.29 is 33.0 Å². The van der Waals surface area contributed by atoms with Crippen molar-refractivity contribution in [2.75, 3.05) is 31.6 Å². The number of amides is 3. The van der Waals surface area contributed by atoms with Crippen LogP contribution in [0.25, 0.3) is 0 Å². The number of aliphatic hydroxyl groups excluding tert-OH is 1. The Labute approximate surface area is 209 Å². The molecule has 2 aromatic rings. The molecule has 1 aliphatic rings. The number of rotatable bonds is 11. The first-order valence-corrected chi connectivity index (χ1v) is 12.1. The van der Waals surface area contributed by atoms with Gasteiger partial charge >= 0.3 is 12.1 Å². The van der Waals surface area contributed by atoms with Gasteiger partial charge in [-0.1, -0.05) is 11.6 Å². The molecule has 14 heteroatoms. The van der Waals surface area contributed by atoms with Crippen LogP contribution in [-0.4, -0.2) is 58.8 Å². The number of nitrogens with one attached hydrogen (secondary N) is 2. The molecule has 1 aliphatic heterocycles. The Morgan fingerprint density at radius 2 is 2.06 bits per heavy atom. The number of carbonyl (C=O) groups is 2. The third-order valence-corrected chi connectivity index (χ3v) is 6.32. The fourth-order valence-corrected chi connectivity index (χ4v) is 4.52. The molecule has 0 aliphatic carbocycles. The summed E-state index contributed by atoms with van der Waals surface area (Å²) < 4.78 is 42.1. The van der Waals surface area contributed by atoms with E-state index in [0.717, 1.165) is 62.4 Å². The van der Waals surface area contributed by atoms with E-state index < -0.39 is 35.9 Å². The van der Waals surface area contributed by atoms with Gasteiger partial charge in [-0.2, -0.15) is 0 Å². The van der Waals surface area contributed by atoms with E-state index in [9.17, 15) is 23.5 Å². The number of hydrogen-bond donors (Lipinski definition) is 4. The van der Waals surface area contributed by atoms with Crippen LogP contribution in [0.1, 0.15) is 31.2 Å². The first kappa shape index (κ1) is 26.9. The van der Waals surface area contributed by atoms with Crippen molar-refractivity contribution in [1.29, 1.82) is 0 Å². The lowest BCUT2D eigenvalue weighted by Gasteiger charge is -2.22. The van der Waals surface area contributed by atoms with E-state index >= 15 is 0 Å². The van der Waals surface area contributed by atoms with E-state index in [1.54, 1.807) is 0 Å². The molecule has 10 nitrogen and oxygen atoms in total. The molecular formula is C21H26ClF2N5O5S. The highest BCUT2D eigenvalue weighted by molar-refractivity contribution is 7.11. The van der Waals surface area contributed by atoms with Gasteiger partial charge in [-0.15, -0.1) is 4.37 Å².